The number of aldehydes is 1. The molecule has 8 heavy (non-hydrogen) atoms. The van der Waals surface area contributed by atoms with Crippen LogP contribution in [0, 0.1) is 0 Å². The first-order chi connectivity index (χ1) is 3.56. The van der Waals surface area contributed by atoms with Crippen molar-refractivity contribution in [1.82, 2.24) is 0 Å². The first-order valence-corrected chi connectivity index (χ1v) is 3.46. The van der Waals surface area contributed by atoms with Gasteiger partial charge in [0, 0.05) is 3.42 Å². The summed E-state index contributed by atoms with van der Waals surface area (Å²) < 4.78 is 0.110. The Hall–Kier alpha value is 0.140. The fourth-order valence-electron chi connectivity index (χ4n) is 0.268. The molecule has 0 fully saturated rings. The molecule has 0 saturated carbocycles. The van der Waals surface area contributed by atoms with Gasteiger partial charge in [-0.15, -0.1) is 0 Å². The van der Waals surface area contributed by atoms with E-state index in [2.05, 4.69) is 22.6 Å². The summed E-state index contributed by atoms with van der Waals surface area (Å²) in [6, 6.07) is 0. The largest absolute Gasteiger partial charge is 0.299 e. The molecule has 1 nitrogen and oxygen atoms in total. The normalized spacial score (nSPS) is 12.4. The number of carbonyl (C=O) groups is 1. The quantitative estimate of drug-likeness (QED) is 0.303. The lowest BCUT2D eigenvalue weighted by atomic mass is 10.2. The van der Waals surface area contributed by atoms with E-state index < -0.39 is 0 Å². The summed E-state index contributed by atoms with van der Waals surface area (Å²) in [7, 11) is 0. The van der Waals surface area contributed by atoms with Gasteiger partial charge >= 0.3 is 0 Å². The Morgan fingerprint density at radius 2 is 2.00 bits per heavy atom. The molecular weight excluding hydrogens is 215 g/mol. The zero-order valence-electron chi connectivity index (χ0n) is 5.02. The third-order valence-corrected chi connectivity index (χ3v) is 0.931. The third kappa shape index (κ3) is 6.14. The van der Waals surface area contributed by atoms with E-state index in [9.17, 15) is 4.79 Å². The molecular formula is C6H9IO. The SMILES string of the molecule is CC(C)(I)/C=C/C=O. The first-order valence-electron chi connectivity index (χ1n) is 2.38. The fraction of sp³-hybridized carbons (Fsp3) is 0.500. The van der Waals surface area contributed by atoms with Gasteiger partial charge in [-0.3, -0.25) is 4.79 Å². The third-order valence-electron chi connectivity index (χ3n) is 0.571. The number of alkyl halides is 1. The van der Waals surface area contributed by atoms with Crippen LogP contribution in [-0.4, -0.2) is 9.71 Å². The van der Waals surface area contributed by atoms with E-state index in [1.807, 2.05) is 19.9 Å². The Bertz CT molecular complexity index is 99.6. The van der Waals surface area contributed by atoms with Crippen LogP contribution in [0.5, 0.6) is 0 Å². The number of hydrogen-bond donors (Lipinski definition) is 0. The maximum absolute atomic E-state index is 9.76. The van der Waals surface area contributed by atoms with Crippen LogP contribution in [0.1, 0.15) is 13.8 Å². The second-order valence-electron chi connectivity index (χ2n) is 2.06. The zero-order chi connectivity index (χ0) is 6.62. The molecule has 0 aliphatic heterocycles. The van der Waals surface area contributed by atoms with Gasteiger partial charge in [0.1, 0.15) is 6.29 Å². The molecule has 0 N–H and O–H groups in total. The van der Waals surface area contributed by atoms with Crippen LogP contribution < -0.4 is 0 Å². The number of hydrogen-bond acceptors (Lipinski definition) is 1. The van der Waals surface area contributed by atoms with E-state index in [1.165, 1.54) is 6.08 Å². The number of halogens is 1. The van der Waals surface area contributed by atoms with Crippen LogP contribution >= 0.6 is 22.6 Å². The van der Waals surface area contributed by atoms with E-state index >= 15 is 0 Å². The molecule has 0 rings (SSSR count). The van der Waals surface area contributed by atoms with Gasteiger partial charge in [0.05, 0.1) is 0 Å². The highest BCUT2D eigenvalue weighted by Crippen LogP contribution is 2.16. The lowest BCUT2D eigenvalue weighted by molar-refractivity contribution is -0.104. The Morgan fingerprint density at radius 3 is 2.12 bits per heavy atom. The number of carbonyl (C=O) groups excluding carboxylic acids is 1. The molecule has 0 amide bonds. The summed E-state index contributed by atoms with van der Waals surface area (Å²) in [4.78, 5) is 9.76. The van der Waals surface area contributed by atoms with Gasteiger partial charge < -0.3 is 0 Å². The lowest BCUT2D eigenvalue weighted by Crippen LogP contribution is -2.02. The van der Waals surface area contributed by atoms with Crippen LogP contribution in [0.3, 0.4) is 0 Å². The van der Waals surface area contributed by atoms with Crippen LogP contribution in [0.15, 0.2) is 12.2 Å². The molecule has 0 aromatic heterocycles. The second-order valence-corrected chi connectivity index (χ2v) is 4.84. The molecule has 0 heterocycles. The number of rotatable bonds is 2. The van der Waals surface area contributed by atoms with E-state index in [1.54, 1.807) is 0 Å². The topological polar surface area (TPSA) is 17.1 Å². The van der Waals surface area contributed by atoms with Crippen molar-refractivity contribution in [1.29, 1.82) is 0 Å². The van der Waals surface area contributed by atoms with Crippen molar-refractivity contribution in [2.24, 2.45) is 0 Å². The van der Waals surface area contributed by atoms with Crippen LogP contribution in [0.2, 0.25) is 0 Å². The van der Waals surface area contributed by atoms with Gasteiger partial charge in [0.2, 0.25) is 0 Å². The smallest absolute Gasteiger partial charge is 0.142 e. The van der Waals surface area contributed by atoms with Gasteiger partial charge in [-0.1, -0.05) is 28.7 Å². The molecule has 0 saturated heterocycles. The molecule has 0 radical (unpaired) electrons. The second kappa shape index (κ2) is 3.22. The van der Waals surface area contributed by atoms with Gasteiger partial charge in [0.15, 0.2) is 0 Å². The van der Waals surface area contributed by atoms with Crippen molar-refractivity contribution < 1.29 is 4.79 Å². The van der Waals surface area contributed by atoms with Gasteiger partial charge in [-0.05, 0) is 19.9 Å². The summed E-state index contributed by atoms with van der Waals surface area (Å²) in [6.45, 7) is 4.07. The van der Waals surface area contributed by atoms with Crippen molar-refractivity contribution in [3.63, 3.8) is 0 Å². The predicted molar refractivity (Wildman–Crippen MR) is 43.3 cm³/mol. The molecule has 0 aromatic rings. The average molecular weight is 224 g/mol. The molecule has 0 aliphatic carbocycles. The highest BCUT2D eigenvalue weighted by molar-refractivity contribution is 14.1. The molecule has 0 bridgehead atoms. The maximum Gasteiger partial charge on any atom is 0.142 e. The fourth-order valence-corrected chi connectivity index (χ4v) is 0.476. The molecule has 0 unspecified atom stereocenters. The molecule has 0 atom stereocenters. The van der Waals surface area contributed by atoms with Gasteiger partial charge in [0.25, 0.3) is 0 Å². The highest BCUT2D eigenvalue weighted by atomic mass is 127. The zero-order valence-corrected chi connectivity index (χ0v) is 7.18. The van der Waals surface area contributed by atoms with Crippen molar-refractivity contribution in [2.75, 3.05) is 0 Å². The van der Waals surface area contributed by atoms with Crippen LogP contribution in [0.4, 0.5) is 0 Å². The van der Waals surface area contributed by atoms with Gasteiger partial charge in [-0.2, -0.15) is 0 Å². The first kappa shape index (κ1) is 8.14. The predicted octanol–water partition coefficient (Wildman–Crippen LogP) is 1.96. The Balaban J connectivity index is 3.69. The van der Waals surface area contributed by atoms with Crippen LogP contribution in [-0.2, 0) is 4.79 Å². The summed E-state index contributed by atoms with van der Waals surface area (Å²) >= 11 is 2.25. The minimum Gasteiger partial charge on any atom is -0.299 e. The van der Waals surface area contributed by atoms with E-state index in [0.717, 1.165) is 6.29 Å². The average Bonchev–Trinajstić information content (AvgIpc) is 1.59. The van der Waals surface area contributed by atoms with E-state index in [-0.39, 0.29) is 3.42 Å². The molecule has 0 aromatic carbocycles. The van der Waals surface area contributed by atoms with E-state index in [4.69, 9.17) is 0 Å². The standard InChI is InChI=1S/C6H9IO/c1-6(2,7)4-3-5-8/h3-5H,1-2H3/b4-3+. The lowest BCUT2D eigenvalue weighted by Gasteiger charge is -2.06. The molecule has 0 spiro atoms. The monoisotopic (exact) mass is 224 g/mol. The summed E-state index contributed by atoms with van der Waals surface area (Å²) in [5.74, 6) is 0. The van der Waals surface area contributed by atoms with E-state index in [0.29, 0.717) is 0 Å². The summed E-state index contributed by atoms with van der Waals surface area (Å²) in [6.07, 6.45) is 4.17. The maximum atomic E-state index is 9.76. The number of allylic oxidation sites excluding steroid dienone is 2. The van der Waals surface area contributed by atoms with Gasteiger partial charge in [-0.25, -0.2) is 0 Å². The van der Waals surface area contributed by atoms with Crippen molar-refractivity contribution in [3.05, 3.63) is 12.2 Å². The Labute approximate surface area is 63.3 Å². The minimum atomic E-state index is 0.110. The highest BCUT2D eigenvalue weighted by Gasteiger charge is 2.04. The van der Waals surface area contributed by atoms with Crippen molar-refractivity contribution in [2.45, 2.75) is 17.3 Å². The molecule has 46 valence electrons. The Kier molecular flexibility index (Phi) is 3.28. The van der Waals surface area contributed by atoms with Crippen molar-refractivity contribution >= 4 is 28.9 Å². The van der Waals surface area contributed by atoms with Crippen molar-refractivity contribution in [3.8, 4) is 0 Å². The minimum absolute atomic E-state index is 0.110. The summed E-state index contributed by atoms with van der Waals surface area (Å²) in [5, 5.41) is 0. The molecule has 2 heteroatoms. The van der Waals surface area contributed by atoms with Crippen LogP contribution in [0.25, 0.3) is 0 Å². The molecule has 0 aliphatic rings. The Morgan fingerprint density at radius 1 is 1.50 bits per heavy atom. The summed E-state index contributed by atoms with van der Waals surface area (Å²) in [5.41, 5.74) is 0.